The molecule has 0 radical (unpaired) electrons. The van der Waals surface area contributed by atoms with Gasteiger partial charge in [-0.15, -0.1) is 5.10 Å². The highest BCUT2D eigenvalue weighted by molar-refractivity contribution is 6.34. The Morgan fingerprint density at radius 1 is 1.35 bits per heavy atom. The van der Waals surface area contributed by atoms with E-state index in [4.69, 9.17) is 21.6 Å². The minimum atomic E-state index is -1.51. The number of hydrogen-bond acceptors (Lipinski definition) is 9. The lowest BCUT2D eigenvalue weighted by molar-refractivity contribution is 0.00420. The molecule has 0 bridgehead atoms. The first-order chi connectivity index (χ1) is 17.7. The van der Waals surface area contributed by atoms with Crippen LogP contribution in [0.5, 0.6) is 5.75 Å². The molecule has 192 valence electrons. The van der Waals surface area contributed by atoms with E-state index in [1.807, 2.05) is 6.92 Å². The van der Waals surface area contributed by atoms with Gasteiger partial charge in [0.2, 0.25) is 0 Å². The van der Waals surface area contributed by atoms with E-state index in [0.717, 1.165) is 11.9 Å². The van der Waals surface area contributed by atoms with Gasteiger partial charge in [0.05, 0.1) is 47.5 Å². The molecule has 1 fully saturated rings. The maximum atomic E-state index is 13.3. The topological polar surface area (TPSA) is 138 Å². The SMILES string of the molecule is Cc1c(-c2cc(OC[C@@](C)(O)c3ccc(F)cn3)c3c(Cl)cnn3c2)nnn1[C@H]1CCN(C#N)C[C@@H]1O. The third-order valence-corrected chi connectivity index (χ3v) is 6.80. The van der Waals surface area contributed by atoms with Crippen LogP contribution in [-0.4, -0.2) is 70.5 Å². The quantitative estimate of drug-likeness (QED) is 0.363. The number of aromatic nitrogens is 6. The van der Waals surface area contributed by atoms with Gasteiger partial charge in [0.15, 0.2) is 6.19 Å². The van der Waals surface area contributed by atoms with Crippen molar-refractivity contribution >= 4 is 17.1 Å². The lowest BCUT2D eigenvalue weighted by atomic mass is 10.0. The van der Waals surface area contributed by atoms with Crippen LogP contribution < -0.4 is 4.74 Å². The average molecular weight is 527 g/mol. The highest BCUT2D eigenvalue weighted by Crippen LogP contribution is 2.35. The third kappa shape index (κ3) is 4.69. The molecule has 5 heterocycles. The Morgan fingerprint density at radius 2 is 2.16 bits per heavy atom. The first-order valence-electron chi connectivity index (χ1n) is 11.6. The van der Waals surface area contributed by atoms with Crippen LogP contribution in [0, 0.1) is 24.2 Å². The van der Waals surface area contributed by atoms with E-state index in [2.05, 4.69) is 26.6 Å². The van der Waals surface area contributed by atoms with Crippen LogP contribution in [0.3, 0.4) is 0 Å². The Balaban J connectivity index is 1.46. The second-order valence-corrected chi connectivity index (χ2v) is 9.65. The molecule has 13 heteroatoms. The zero-order chi connectivity index (χ0) is 26.3. The maximum Gasteiger partial charge on any atom is 0.179 e. The number of likely N-dealkylation sites (tertiary alicyclic amines) is 1. The monoisotopic (exact) mass is 526 g/mol. The van der Waals surface area contributed by atoms with Crippen molar-refractivity contribution in [2.45, 2.75) is 38.0 Å². The molecule has 1 aliphatic heterocycles. The Bertz CT molecular complexity index is 1480. The smallest absolute Gasteiger partial charge is 0.179 e. The normalized spacial score (nSPS) is 19.5. The van der Waals surface area contributed by atoms with Gasteiger partial charge in [-0.3, -0.25) is 4.98 Å². The summed E-state index contributed by atoms with van der Waals surface area (Å²) in [5.74, 6) is -0.161. The van der Waals surface area contributed by atoms with E-state index in [-0.39, 0.29) is 24.9 Å². The molecule has 1 aliphatic rings. The van der Waals surface area contributed by atoms with Crippen molar-refractivity contribution in [3.63, 3.8) is 0 Å². The summed E-state index contributed by atoms with van der Waals surface area (Å²) in [7, 11) is 0. The van der Waals surface area contributed by atoms with Crippen molar-refractivity contribution in [3.8, 4) is 23.2 Å². The van der Waals surface area contributed by atoms with Gasteiger partial charge in [0.25, 0.3) is 0 Å². The number of β-amino-alcohol motifs (C(OH)–C–C–N with tert-alkyl or cyclic N) is 1. The number of nitriles is 1. The lowest BCUT2D eigenvalue weighted by Crippen LogP contribution is -2.43. The number of halogens is 2. The fourth-order valence-electron chi connectivity index (χ4n) is 4.49. The van der Waals surface area contributed by atoms with Crippen LogP contribution in [0.1, 0.15) is 30.8 Å². The number of aliphatic hydroxyl groups excluding tert-OH is 1. The molecule has 0 aliphatic carbocycles. The first-order valence-corrected chi connectivity index (χ1v) is 11.9. The summed E-state index contributed by atoms with van der Waals surface area (Å²) in [5.41, 5.74) is 1.15. The van der Waals surface area contributed by atoms with E-state index >= 15 is 0 Å². The number of nitrogens with zero attached hydrogens (tertiary/aromatic N) is 8. The summed E-state index contributed by atoms with van der Waals surface area (Å²) in [4.78, 5) is 5.48. The zero-order valence-corrected chi connectivity index (χ0v) is 20.8. The molecule has 0 saturated carbocycles. The molecule has 0 aromatic carbocycles. The third-order valence-electron chi connectivity index (χ3n) is 6.52. The minimum absolute atomic E-state index is 0.193. The maximum absolute atomic E-state index is 13.3. The van der Waals surface area contributed by atoms with Gasteiger partial charge in [-0.25, -0.2) is 13.6 Å². The summed E-state index contributed by atoms with van der Waals surface area (Å²) >= 11 is 6.37. The van der Waals surface area contributed by atoms with Crippen molar-refractivity contribution in [1.29, 1.82) is 5.26 Å². The molecule has 4 aromatic heterocycles. The van der Waals surface area contributed by atoms with Crippen molar-refractivity contribution in [2.75, 3.05) is 19.7 Å². The predicted molar refractivity (Wildman–Crippen MR) is 130 cm³/mol. The number of rotatable bonds is 6. The van der Waals surface area contributed by atoms with Gasteiger partial charge >= 0.3 is 0 Å². The summed E-state index contributed by atoms with van der Waals surface area (Å²) in [6.45, 7) is 3.93. The molecule has 0 spiro atoms. The van der Waals surface area contributed by atoms with Gasteiger partial charge < -0.3 is 19.8 Å². The fourth-order valence-corrected chi connectivity index (χ4v) is 4.72. The average Bonchev–Trinajstić information content (AvgIpc) is 3.45. The summed E-state index contributed by atoms with van der Waals surface area (Å²) in [5, 5.41) is 43.9. The molecule has 0 amide bonds. The number of hydrogen-bond donors (Lipinski definition) is 2. The van der Waals surface area contributed by atoms with E-state index < -0.39 is 17.5 Å². The fraction of sp³-hybridized carbons (Fsp3) is 0.375. The number of aliphatic hydroxyl groups is 2. The Hall–Kier alpha value is -3.79. The molecule has 5 rings (SSSR count). The first kappa shape index (κ1) is 24.9. The Kier molecular flexibility index (Phi) is 6.45. The lowest BCUT2D eigenvalue weighted by Gasteiger charge is -2.33. The van der Waals surface area contributed by atoms with Crippen LogP contribution in [0.15, 0.2) is 36.8 Å². The van der Waals surface area contributed by atoms with E-state index in [9.17, 15) is 14.6 Å². The second kappa shape index (κ2) is 9.59. The summed E-state index contributed by atoms with van der Waals surface area (Å²) < 4.78 is 22.5. The summed E-state index contributed by atoms with van der Waals surface area (Å²) in [6.07, 6.45) is 6.10. The van der Waals surface area contributed by atoms with Crippen LogP contribution in [0.25, 0.3) is 16.8 Å². The molecule has 3 atom stereocenters. The van der Waals surface area contributed by atoms with Crippen molar-refractivity contribution in [3.05, 3.63) is 59.0 Å². The second-order valence-electron chi connectivity index (χ2n) is 9.24. The molecule has 4 aromatic rings. The molecule has 1 saturated heterocycles. The van der Waals surface area contributed by atoms with Gasteiger partial charge in [0.1, 0.15) is 35.0 Å². The van der Waals surface area contributed by atoms with Crippen LogP contribution >= 0.6 is 11.6 Å². The number of fused-ring (bicyclic) bond motifs is 1. The molecular weight excluding hydrogens is 503 g/mol. The van der Waals surface area contributed by atoms with Gasteiger partial charge in [-0.2, -0.15) is 10.4 Å². The summed E-state index contributed by atoms with van der Waals surface area (Å²) in [6, 6.07) is 4.03. The van der Waals surface area contributed by atoms with Gasteiger partial charge in [-0.05, 0) is 38.5 Å². The minimum Gasteiger partial charge on any atom is -0.488 e. The molecule has 2 N–H and O–H groups in total. The van der Waals surface area contributed by atoms with Crippen molar-refractivity contribution in [1.82, 2.24) is 34.5 Å². The van der Waals surface area contributed by atoms with Crippen LogP contribution in [-0.2, 0) is 5.60 Å². The largest absolute Gasteiger partial charge is 0.488 e. The Labute approximate surface area is 216 Å². The number of piperidine rings is 1. The van der Waals surface area contributed by atoms with Gasteiger partial charge in [-0.1, -0.05) is 16.8 Å². The van der Waals surface area contributed by atoms with Crippen LogP contribution in [0.2, 0.25) is 5.02 Å². The van der Waals surface area contributed by atoms with E-state index in [1.165, 1.54) is 30.2 Å². The predicted octanol–water partition coefficient (Wildman–Crippen LogP) is 2.46. The molecular formula is C24H24ClFN8O3. The van der Waals surface area contributed by atoms with Crippen molar-refractivity contribution in [2.24, 2.45) is 0 Å². The molecule has 0 unspecified atom stereocenters. The number of pyridine rings is 2. The van der Waals surface area contributed by atoms with E-state index in [1.54, 1.807) is 21.5 Å². The van der Waals surface area contributed by atoms with E-state index in [0.29, 0.717) is 40.5 Å². The zero-order valence-electron chi connectivity index (χ0n) is 20.1. The van der Waals surface area contributed by atoms with Gasteiger partial charge in [0, 0.05) is 18.3 Å². The molecule has 11 nitrogen and oxygen atoms in total. The standard InChI is InChI=1S/C24H24ClFN8O3/c1-14-22(30-31-34(14)18-5-6-32(13-27)11-19(18)35)15-7-20(23-17(25)9-29-33(23)10-15)37-12-24(2,36)21-4-3-16(26)8-28-21/h3-4,7-10,18-19,35-36H,5-6,11-12H2,1-2H3/t18-,19-,24+/m0/s1. The number of ether oxygens (including phenoxy) is 1. The van der Waals surface area contributed by atoms with Crippen molar-refractivity contribution < 1.29 is 19.3 Å². The highest BCUT2D eigenvalue weighted by Gasteiger charge is 2.32. The highest BCUT2D eigenvalue weighted by atomic mass is 35.5. The van der Waals surface area contributed by atoms with Crippen LogP contribution in [0.4, 0.5) is 4.39 Å². The Morgan fingerprint density at radius 3 is 2.86 bits per heavy atom. The molecule has 37 heavy (non-hydrogen) atoms.